The average molecular weight is 200 g/mol. The molecule has 0 aliphatic rings. The zero-order valence-corrected chi connectivity index (χ0v) is 9.27. The van der Waals surface area contributed by atoms with Gasteiger partial charge < -0.3 is 4.90 Å². The molecule has 0 N–H and O–H groups in total. The average Bonchev–Trinajstić information content (AvgIpc) is 2.29. The zero-order valence-electron chi connectivity index (χ0n) is 9.27. The van der Waals surface area contributed by atoms with Crippen LogP contribution in [-0.4, -0.2) is 23.5 Å². The van der Waals surface area contributed by atoms with E-state index in [4.69, 9.17) is 0 Å². The predicted octanol–water partition coefficient (Wildman–Crippen LogP) is 2.69. The molecular weight excluding hydrogens is 184 g/mol. The third-order valence-electron chi connectivity index (χ3n) is 2.75. The highest BCUT2D eigenvalue weighted by molar-refractivity contribution is 5.84. The fourth-order valence-corrected chi connectivity index (χ4v) is 1.73. The van der Waals surface area contributed by atoms with E-state index < -0.39 is 0 Å². The first-order chi connectivity index (χ1) is 7.31. The van der Waals surface area contributed by atoms with Crippen molar-refractivity contribution >= 4 is 10.8 Å². The number of aromatic nitrogens is 1. The second-order valence-electron chi connectivity index (χ2n) is 3.84. The van der Waals surface area contributed by atoms with Gasteiger partial charge in [-0.2, -0.15) is 0 Å². The molecule has 0 aliphatic heterocycles. The van der Waals surface area contributed by atoms with E-state index in [9.17, 15) is 0 Å². The first kappa shape index (κ1) is 10.1. The van der Waals surface area contributed by atoms with Crippen LogP contribution in [0.4, 0.5) is 0 Å². The van der Waals surface area contributed by atoms with Crippen LogP contribution in [0.2, 0.25) is 0 Å². The minimum Gasteiger partial charge on any atom is -0.302 e. The smallest absolute Gasteiger partial charge is 0.0346 e. The first-order valence-electron chi connectivity index (χ1n) is 5.31. The van der Waals surface area contributed by atoms with Gasteiger partial charge >= 0.3 is 0 Å². The standard InChI is InChI=1S/C13H16N2/c1-3-15(2)10-12-6-4-5-11-9-14-8-7-13(11)12/h4-9H,3,10H2,1-2H3. The van der Waals surface area contributed by atoms with Gasteiger partial charge in [0.25, 0.3) is 0 Å². The Balaban J connectivity index is 2.42. The molecule has 0 radical (unpaired) electrons. The highest BCUT2D eigenvalue weighted by Gasteiger charge is 2.02. The largest absolute Gasteiger partial charge is 0.302 e. The summed E-state index contributed by atoms with van der Waals surface area (Å²) >= 11 is 0. The van der Waals surface area contributed by atoms with Crippen LogP contribution in [0.15, 0.2) is 36.7 Å². The predicted molar refractivity (Wildman–Crippen MR) is 63.8 cm³/mol. The monoisotopic (exact) mass is 200 g/mol. The molecule has 1 heterocycles. The molecule has 0 atom stereocenters. The van der Waals surface area contributed by atoms with Gasteiger partial charge in [0.2, 0.25) is 0 Å². The summed E-state index contributed by atoms with van der Waals surface area (Å²) in [6, 6.07) is 8.49. The van der Waals surface area contributed by atoms with E-state index in [1.165, 1.54) is 16.3 Å². The number of hydrogen-bond donors (Lipinski definition) is 0. The summed E-state index contributed by atoms with van der Waals surface area (Å²) < 4.78 is 0. The molecule has 2 aromatic rings. The number of fused-ring (bicyclic) bond motifs is 1. The van der Waals surface area contributed by atoms with Gasteiger partial charge in [-0.25, -0.2) is 0 Å². The summed E-state index contributed by atoms with van der Waals surface area (Å²) in [5, 5.41) is 2.53. The van der Waals surface area contributed by atoms with E-state index >= 15 is 0 Å². The molecule has 2 rings (SSSR count). The third-order valence-corrected chi connectivity index (χ3v) is 2.75. The molecule has 0 saturated carbocycles. The molecule has 0 bridgehead atoms. The fraction of sp³-hybridized carbons (Fsp3) is 0.308. The van der Waals surface area contributed by atoms with Crippen molar-refractivity contribution in [1.82, 2.24) is 9.88 Å². The van der Waals surface area contributed by atoms with Gasteiger partial charge in [-0.05, 0) is 30.6 Å². The Morgan fingerprint density at radius 1 is 1.27 bits per heavy atom. The van der Waals surface area contributed by atoms with Crippen molar-refractivity contribution in [3.63, 3.8) is 0 Å². The first-order valence-corrected chi connectivity index (χ1v) is 5.31. The van der Waals surface area contributed by atoms with Crippen LogP contribution in [-0.2, 0) is 6.54 Å². The Morgan fingerprint density at radius 2 is 2.13 bits per heavy atom. The van der Waals surface area contributed by atoms with Crippen LogP contribution in [0.25, 0.3) is 10.8 Å². The molecule has 78 valence electrons. The summed E-state index contributed by atoms with van der Waals surface area (Å²) in [6.45, 7) is 4.24. The van der Waals surface area contributed by atoms with Crippen molar-refractivity contribution in [3.8, 4) is 0 Å². The van der Waals surface area contributed by atoms with E-state index in [1.54, 1.807) is 0 Å². The van der Waals surface area contributed by atoms with Gasteiger partial charge in [0.15, 0.2) is 0 Å². The van der Waals surface area contributed by atoms with E-state index in [0.717, 1.165) is 13.1 Å². The fourth-order valence-electron chi connectivity index (χ4n) is 1.73. The lowest BCUT2D eigenvalue weighted by Crippen LogP contribution is -2.16. The molecule has 0 amide bonds. The Hall–Kier alpha value is -1.41. The second kappa shape index (κ2) is 4.41. The maximum atomic E-state index is 4.14. The molecule has 0 fully saturated rings. The summed E-state index contributed by atoms with van der Waals surface area (Å²) in [5.74, 6) is 0. The minimum atomic E-state index is 0.998. The quantitative estimate of drug-likeness (QED) is 0.757. The summed E-state index contributed by atoms with van der Waals surface area (Å²) in [5.41, 5.74) is 1.37. The molecule has 0 saturated heterocycles. The number of pyridine rings is 1. The lowest BCUT2D eigenvalue weighted by molar-refractivity contribution is 0.347. The second-order valence-corrected chi connectivity index (χ2v) is 3.84. The lowest BCUT2D eigenvalue weighted by Gasteiger charge is -2.15. The Morgan fingerprint density at radius 3 is 2.93 bits per heavy atom. The van der Waals surface area contributed by atoms with Crippen LogP contribution >= 0.6 is 0 Å². The van der Waals surface area contributed by atoms with Gasteiger partial charge in [-0.3, -0.25) is 4.98 Å². The number of benzene rings is 1. The van der Waals surface area contributed by atoms with Crippen LogP contribution in [0, 0.1) is 0 Å². The highest BCUT2D eigenvalue weighted by atomic mass is 15.1. The maximum absolute atomic E-state index is 4.14. The molecule has 0 unspecified atom stereocenters. The molecule has 2 nitrogen and oxygen atoms in total. The third kappa shape index (κ3) is 2.16. The zero-order chi connectivity index (χ0) is 10.7. The van der Waals surface area contributed by atoms with Crippen molar-refractivity contribution in [1.29, 1.82) is 0 Å². The topological polar surface area (TPSA) is 16.1 Å². The SMILES string of the molecule is CCN(C)Cc1cccc2cnccc12. The Labute approximate surface area is 90.6 Å². The van der Waals surface area contributed by atoms with Gasteiger partial charge in [0.1, 0.15) is 0 Å². The summed E-state index contributed by atoms with van der Waals surface area (Å²) in [6.07, 6.45) is 3.78. The number of hydrogen-bond acceptors (Lipinski definition) is 2. The number of rotatable bonds is 3. The lowest BCUT2D eigenvalue weighted by atomic mass is 10.1. The van der Waals surface area contributed by atoms with Gasteiger partial charge in [-0.1, -0.05) is 25.1 Å². The Kier molecular flexibility index (Phi) is 2.97. The van der Waals surface area contributed by atoms with Gasteiger partial charge in [0.05, 0.1) is 0 Å². The highest BCUT2D eigenvalue weighted by Crippen LogP contribution is 2.18. The molecule has 1 aromatic heterocycles. The summed E-state index contributed by atoms with van der Waals surface area (Å²) in [7, 11) is 2.14. The Bertz CT molecular complexity index is 446. The van der Waals surface area contributed by atoms with E-state index in [1.807, 2.05) is 12.4 Å². The van der Waals surface area contributed by atoms with Crippen LogP contribution < -0.4 is 0 Å². The minimum absolute atomic E-state index is 0.998. The molecule has 0 aliphatic carbocycles. The van der Waals surface area contributed by atoms with Crippen molar-refractivity contribution in [3.05, 3.63) is 42.2 Å². The molecular formula is C13H16N2. The van der Waals surface area contributed by atoms with E-state index in [-0.39, 0.29) is 0 Å². The van der Waals surface area contributed by atoms with Crippen molar-refractivity contribution < 1.29 is 0 Å². The van der Waals surface area contributed by atoms with Crippen LogP contribution in [0.5, 0.6) is 0 Å². The normalized spacial score (nSPS) is 11.1. The van der Waals surface area contributed by atoms with E-state index in [2.05, 4.69) is 48.1 Å². The van der Waals surface area contributed by atoms with Crippen LogP contribution in [0.3, 0.4) is 0 Å². The van der Waals surface area contributed by atoms with E-state index in [0.29, 0.717) is 0 Å². The van der Waals surface area contributed by atoms with Crippen molar-refractivity contribution in [2.75, 3.05) is 13.6 Å². The summed E-state index contributed by atoms with van der Waals surface area (Å²) in [4.78, 5) is 6.44. The van der Waals surface area contributed by atoms with Crippen molar-refractivity contribution in [2.45, 2.75) is 13.5 Å². The maximum Gasteiger partial charge on any atom is 0.0346 e. The molecule has 15 heavy (non-hydrogen) atoms. The van der Waals surface area contributed by atoms with Crippen LogP contribution in [0.1, 0.15) is 12.5 Å². The number of nitrogens with zero attached hydrogens (tertiary/aromatic N) is 2. The van der Waals surface area contributed by atoms with Gasteiger partial charge in [-0.15, -0.1) is 0 Å². The van der Waals surface area contributed by atoms with Gasteiger partial charge in [0, 0.05) is 24.3 Å². The molecule has 0 spiro atoms. The molecule has 1 aromatic carbocycles. The molecule has 2 heteroatoms. The van der Waals surface area contributed by atoms with Crippen molar-refractivity contribution in [2.24, 2.45) is 0 Å².